The van der Waals surface area contributed by atoms with Crippen LogP contribution in [0.5, 0.6) is 0 Å². The molecule has 0 spiro atoms. The van der Waals surface area contributed by atoms with Crippen molar-refractivity contribution in [2.24, 2.45) is 0 Å². The highest BCUT2D eigenvalue weighted by Crippen LogP contribution is 2.28. The zero-order valence-electron chi connectivity index (χ0n) is 10.3. The van der Waals surface area contributed by atoms with Crippen molar-refractivity contribution in [2.45, 2.75) is 0 Å². The minimum Gasteiger partial charge on any atom is -0.322 e. The smallest absolute Gasteiger partial charge is 0.283 e. The molecular formula is C13H7BrClIN2O3. The molecule has 0 aliphatic carbocycles. The second-order valence-corrected chi connectivity index (χ2v) is 6.45. The number of nitro benzene ring substituents is 1. The van der Waals surface area contributed by atoms with E-state index in [4.69, 9.17) is 11.6 Å². The van der Waals surface area contributed by atoms with Crippen molar-refractivity contribution in [3.05, 3.63) is 65.1 Å². The third-order valence-electron chi connectivity index (χ3n) is 2.58. The van der Waals surface area contributed by atoms with E-state index in [9.17, 15) is 14.9 Å². The van der Waals surface area contributed by atoms with Gasteiger partial charge in [0.05, 0.1) is 15.0 Å². The molecule has 1 amide bonds. The Morgan fingerprint density at radius 3 is 2.62 bits per heavy atom. The van der Waals surface area contributed by atoms with Crippen LogP contribution >= 0.6 is 50.1 Å². The molecule has 2 aromatic rings. The van der Waals surface area contributed by atoms with Gasteiger partial charge in [-0.1, -0.05) is 11.6 Å². The lowest BCUT2D eigenvalue weighted by Crippen LogP contribution is -2.13. The van der Waals surface area contributed by atoms with E-state index in [-0.39, 0.29) is 11.6 Å². The van der Waals surface area contributed by atoms with Crippen LogP contribution in [0.15, 0.2) is 40.9 Å². The van der Waals surface area contributed by atoms with Gasteiger partial charge in [0.2, 0.25) is 0 Å². The molecule has 21 heavy (non-hydrogen) atoms. The lowest BCUT2D eigenvalue weighted by atomic mass is 10.2. The number of nitrogens with zero attached hydrogens (tertiary/aromatic N) is 1. The van der Waals surface area contributed by atoms with Gasteiger partial charge in [-0.2, -0.15) is 0 Å². The molecule has 1 N–H and O–H groups in total. The van der Waals surface area contributed by atoms with Crippen molar-refractivity contribution in [1.29, 1.82) is 0 Å². The molecule has 8 heteroatoms. The second kappa shape index (κ2) is 6.71. The summed E-state index contributed by atoms with van der Waals surface area (Å²) < 4.78 is 1.06. The Labute approximate surface area is 147 Å². The first-order valence-corrected chi connectivity index (χ1v) is 7.84. The lowest BCUT2D eigenvalue weighted by Gasteiger charge is -2.08. The van der Waals surface area contributed by atoms with E-state index in [0.29, 0.717) is 20.7 Å². The maximum absolute atomic E-state index is 12.2. The topological polar surface area (TPSA) is 72.2 Å². The number of rotatable bonds is 3. The first-order chi connectivity index (χ1) is 9.88. The third-order valence-corrected chi connectivity index (χ3v) is 4.39. The van der Waals surface area contributed by atoms with Crippen LogP contribution in [0.4, 0.5) is 11.4 Å². The van der Waals surface area contributed by atoms with Crippen molar-refractivity contribution in [3.63, 3.8) is 0 Å². The van der Waals surface area contributed by atoms with Gasteiger partial charge in [0, 0.05) is 20.3 Å². The van der Waals surface area contributed by atoms with Gasteiger partial charge in [0.15, 0.2) is 0 Å². The summed E-state index contributed by atoms with van der Waals surface area (Å²) in [7, 11) is 0. The van der Waals surface area contributed by atoms with Crippen molar-refractivity contribution in [1.82, 2.24) is 0 Å². The van der Waals surface area contributed by atoms with Crippen molar-refractivity contribution in [3.8, 4) is 0 Å². The number of anilines is 1. The number of carbonyl (C=O) groups excluding carboxylic acids is 1. The van der Waals surface area contributed by atoms with E-state index < -0.39 is 4.92 Å². The molecule has 0 saturated carbocycles. The highest BCUT2D eigenvalue weighted by Gasteiger charge is 2.15. The standard InChI is InChI=1S/C13H7BrClIN2O3/c14-10-6-8(2-4-12(10)18(20)21)17-13(19)9-5-7(15)1-3-11(9)16/h1-6H,(H,17,19). The summed E-state index contributed by atoms with van der Waals surface area (Å²) in [6, 6.07) is 9.28. The van der Waals surface area contributed by atoms with Crippen LogP contribution in [0.3, 0.4) is 0 Å². The van der Waals surface area contributed by atoms with Gasteiger partial charge in [-0.3, -0.25) is 14.9 Å². The average molecular weight is 481 g/mol. The fourth-order valence-electron chi connectivity index (χ4n) is 1.60. The van der Waals surface area contributed by atoms with E-state index in [0.717, 1.165) is 3.57 Å². The number of hydrogen-bond acceptors (Lipinski definition) is 3. The van der Waals surface area contributed by atoms with Gasteiger partial charge >= 0.3 is 0 Å². The number of hydrogen-bond donors (Lipinski definition) is 1. The molecule has 2 aromatic carbocycles. The number of amides is 1. The van der Waals surface area contributed by atoms with Gasteiger partial charge in [-0.05, 0) is 68.9 Å². The molecule has 2 rings (SSSR count). The largest absolute Gasteiger partial charge is 0.322 e. The number of halogens is 3. The van der Waals surface area contributed by atoms with Gasteiger partial charge < -0.3 is 5.32 Å². The fraction of sp³-hybridized carbons (Fsp3) is 0. The zero-order valence-corrected chi connectivity index (χ0v) is 14.8. The number of nitrogens with one attached hydrogen (secondary N) is 1. The van der Waals surface area contributed by atoms with Crippen molar-refractivity contribution in [2.75, 3.05) is 5.32 Å². The molecule has 0 atom stereocenters. The van der Waals surface area contributed by atoms with E-state index in [1.807, 2.05) is 22.6 Å². The molecule has 108 valence electrons. The summed E-state index contributed by atoms with van der Waals surface area (Å²) in [5, 5.41) is 13.9. The summed E-state index contributed by atoms with van der Waals surface area (Å²) in [5.74, 6) is -0.331. The SMILES string of the molecule is O=C(Nc1ccc([N+](=O)[O-])c(Br)c1)c1cc(Cl)ccc1I. The van der Waals surface area contributed by atoms with Crippen LogP contribution in [0.2, 0.25) is 5.02 Å². The Hall–Kier alpha value is -1.19. The Morgan fingerprint density at radius 2 is 2.00 bits per heavy atom. The number of carbonyl (C=O) groups is 1. The Morgan fingerprint density at radius 1 is 1.29 bits per heavy atom. The van der Waals surface area contributed by atoms with Crippen LogP contribution in [-0.4, -0.2) is 10.8 Å². The lowest BCUT2D eigenvalue weighted by molar-refractivity contribution is -0.385. The van der Waals surface area contributed by atoms with Gasteiger partial charge in [0.25, 0.3) is 11.6 Å². The summed E-state index contributed by atoms with van der Waals surface area (Å²) >= 11 is 11.0. The highest BCUT2D eigenvalue weighted by atomic mass is 127. The molecule has 5 nitrogen and oxygen atoms in total. The van der Waals surface area contributed by atoms with E-state index in [1.54, 1.807) is 18.2 Å². The van der Waals surface area contributed by atoms with Gasteiger partial charge in [-0.15, -0.1) is 0 Å². The molecule has 0 aromatic heterocycles. The molecule has 0 saturated heterocycles. The van der Waals surface area contributed by atoms with E-state index in [2.05, 4.69) is 21.2 Å². The number of nitro groups is 1. The van der Waals surface area contributed by atoms with Crippen LogP contribution < -0.4 is 5.32 Å². The molecule has 0 bridgehead atoms. The summed E-state index contributed by atoms with van der Waals surface area (Å²) in [6.45, 7) is 0. The first-order valence-electron chi connectivity index (χ1n) is 5.59. The molecule has 0 aliphatic heterocycles. The van der Waals surface area contributed by atoms with Crippen LogP contribution in [0, 0.1) is 13.7 Å². The highest BCUT2D eigenvalue weighted by molar-refractivity contribution is 14.1. The zero-order chi connectivity index (χ0) is 15.6. The third kappa shape index (κ3) is 3.92. The van der Waals surface area contributed by atoms with Crippen LogP contribution in [0.25, 0.3) is 0 Å². The fourth-order valence-corrected chi connectivity index (χ4v) is 2.88. The molecule has 0 heterocycles. The Kier molecular flexibility index (Phi) is 5.17. The Bertz CT molecular complexity index is 739. The maximum Gasteiger partial charge on any atom is 0.283 e. The summed E-state index contributed by atoms with van der Waals surface area (Å²) in [5.41, 5.74) is 0.830. The van der Waals surface area contributed by atoms with Crippen molar-refractivity contribution >= 4 is 67.4 Å². The predicted octanol–water partition coefficient (Wildman–Crippen LogP) is 4.87. The minimum atomic E-state index is -0.504. The normalized spacial score (nSPS) is 10.2. The minimum absolute atomic E-state index is 0.0645. The quantitative estimate of drug-likeness (QED) is 0.386. The summed E-state index contributed by atoms with van der Waals surface area (Å²) in [6.07, 6.45) is 0. The first kappa shape index (κ1) is 16.2. The molecular weight excluding hydrogens is 474 g/mol. The molecule has 0 fully saturated rings. The van der Waals surface area contributed by atoms with Crippen LogP contribution in [0.1, 0.15) is 10.4 Å². The van der Waals surface area contributed by atoms with Gasteiger partial charge in [-0.25, -0.2) is 0 Å². The monoisotopic (exact) mass is 480 g/mol. The van der Waals surface area contributed by atoms with Crippen LogP contribution in [-0.2, 0) is 0 Å². The summed E-state index contributed by atoms with van der Waals surface area (Å²) in [4.78, 5) is 22.4. The maximum atomic E-state index is 12.2. The molecule has 0 unspecified atom stereocenters. The predicted molar refractivity (Wildman–Crippen MR) is 92.9 cm³/mol. The van der Waals surface area contributed by atoms with Gasteiger partial charge in [0.1, 0.15) is 0 Å². The Balaban J connectivity index is 2.26. The average Bonchev–Trinajstić information content (AvgIpc) is 2.41. The van der Waals surface area contributed by atoms with E-state index >= 15 is 0 Å². The van der Waals surface area contributed by atoms with Crippen molar-refractivity contribution < 1.29 is 9.72 Å². The van der Waals surface area contributed by atoms with E-state index in [1.165, 1.54) is 18.2 Å². The molecule has 0 radical (unpaired) electrons. The molecule has 0 aliphatic rings. The number of benzene rings is 2. The second-order valence-electron chi connectivity index (χ2n) is 4.00.